The van der Waals surface area contributed by atoms with E-state index in [1.807, 2.05) is 12.1 Å². The largest absolute Gasteiger partial charge is 0.335 e. The number of allylic oxidation sites excluding steroid dienone is 4. The molecular weight excluding hydrogens is 307 g/mol. The van der Waals surface area contributed by atoms with Gasteiger partial charge in [0.05, 0.1) is 12.4 Å². The first kappa shape index (κ1) is 19.2. The summed E-state index contributed by atoms with van der Waals surface area (Å²) in [4.78, 5) is 18.5. The Hall–Kier alpha value is -2.86. The third-order valence-electron chi connectivity index (χ3n) is 2.91. The number of nitrogens with one attached hydrogen (secondary N) is 2. The molecule has 1 rings (SSSR count). The number of benzene rings is 1. The number of hydrogen-bond donors (Lipinski definition) is 2. The summed E-state index contributed by atoms with van der Waals surface area (Å²) in [6.07, 6.45) is 9.47. The van der Waals surface area contributed by atoms with Crippen LogP contribution >= 0.6 is 0 Å². The fourth-order valence-corrected chi connectivity index (χ4v) is 1.85. The molecule has 0 radical (unpaired) electrons. The molecule has 0 aliphatic heterocycles. The summed E-state index contributed by atoms with van der Waals surface area (Å²) in [6.45, 7) is 3.83. The molecule has 0 unspecified atom stereocenters. The summed E-state index contributed by atoms with van der Waals surface area (Å²) in [5.74, 6) is -0.277. The van der Waals surface area contributed by atoms with E-state index in [9.17, 15) is 9.18 Å². The van der Waals surface area contributed by atoms with E-state index in [1.54, 1.807) is 25.3 Å². The Morgan fingerprint density at radius 1 is 1.38 bits per heavy atom. The summed E-state index contributed by atoms with van der Waals surface area (Å²) in [5, 5.41) is 5.40. The van der Waals surface area contributed by atoms with Gasteiger partial charge in [-0.2, -0.15) is 0 Å². The van der Waals surface area contributed by atoms with Gasteiger partial charge in [-0.15, -0.1) is 0 Å². The van der Waals surface area contributed by atoms with Crippen molar-refractivity contribution >= 4 is 18.8 Å². The van der Waals surface area contributed by atoms with E-state index in [1.165, 1.54) is 24.5 Å². The number of carbonyl (C=O) groups is 1. The maximum Gasteiger partial charge on any atom is 0.211 e. The molecule has 1 aromatic rings. The third kappa shape index (κ3) is 7.42. The second-order valence-corrected chi connectivity index (χ2v) is 4.66. The summed E-state index contributed by atoms with van der Waals surface area (Å²) >= 11 is 0. The minimum Gasteiger partial charge on any atom is -0.335 e. The highest BCUT2D eigenvalue weighted by atomic mass is 19.1. The molecule has 0 aromatic heterocycles. The second-order valence-electron chi connectivity index (χ2n) is 4.66. The van der Waals surface area contributed by atoms with Crippen molar-refractivity contribution in [1.82, 2.24) is 10.6 Å². The number of nitrogens with zero attached hydrogens (tertiary/aromatic N) is 2. The highest BCUT2D eigenvalue weighted by molar-refractivity contribution is 6.10. The number of hydrogen-bond acceptors (Lipinski definition) is 4. The Labute approximate surface area is 141 Å². The summed E-state index contributed by atoms with van der Waals surface area (Å²) in [5.41, 5.74) is 2.27. The van der Waals surface area contributed by atoms with Crippen LogP contribution in [0.3, 0.4) is 0 Å². The van der Waals surface area contributed by atoms with Crippen molar-refractivity contribution in [2.24, 2.45) is 9.98 Å². The Morgan fingerprint density at radius 3 is 2.88 bits per heavy atom. The first-order chi connectivity index (χ1) is 11.7. The van der Waals surface area contributed by atoms with Gasteiger partial charge in [0.15, 0.2) is 0 Å². The van der Waals surface area contributed by atoms with Crippen molar-refractivity contribution in [1.29, 1.82) is 0 Å². The van der Waals surface area contributed by atoms with Gasteiger partial charge in [-0.05, 0) is 55.6 Å². The minimum atomic E-state index is -0.277. The van der Waals surface area contributed by atoms with E-state index >= 15 is 0 Å². The van der Waals surface area contributed by atoms with Gasteiger partial charge in [-0.25, -0.2) is 4.39 Å². The molecule has 0 saturated heterocycles. The first-order valence-electron chi connectivity index (χ1n) is 7.34. The zero-order valence-corrected chi connectivity index (χ0v) is 13.6. The van der Waals surface area contributed by atoms with Gasteiger partial charge in [0.2, 0.25) is 6.41 Å². The van der Waals surface area contributed by atoms with Crippen molar-refractivity contribution in [2.45, 2.75) is 6.42 Å². The molecule has 0 aliphatic carbocycles. The van der Waals surface area contributed by atoms with Crippen LogP contribution in [0.1, 0.15) is 5.56 Å². The van der Waals surface area contributed by atoms with Gasteiger partial charge in [-0.1, -0.05) is 18.2 Å². The monoisotopic (exact) mass is 328 g/mol. The lowest BCUT2D eigenvalue weighted by Crippen LogP contribution is -2.09. The van der Waals surface area contributed by atoms with E-state index < -0.39 is 0 Å². The average molecular weight is 328 g/mol. The molecule has 0 fully saturated rings. The van der Waals surface area contributed by atoms with Gasteiger partial charge in [-0.3, -0.25) is 14.8 Å². The first-order valence-corrected chi connectivity index (χ1v) is 7.34. The van der Waals surface area contributed by atoms with Crippen LogP contribution in [0.25, 0.3) is 0 Å². The van der Waals surface area contributed by atoms with Crippen LogP contribution in [0.2, 0.25) is 0 Å². The van der Waals surface area contributed by atoms with Crippen LogP contribution in [0.15, 0.2) is 70.5 Å². The van der Waals surface area contributed by atoms with Gasteiger partial charge in [0.1, 0.15) is 5.82 Å². The number of halogens is 1. The number of aliphatic imine (C=N–C) groups is 2. The highest BCUT2D eigenvalue weighted by Gasteiger charge is 2.02. The number of carbonyl (C=O) groups excluding carboxylic acids is 1. The predicted molar refractivity (Wildman–Crippen MR) is 96.6 cm³/mol. The molecular formula is C18H21FN4O. The lowest BCUT2D eigenvalue weighted by molar-refractivity contribution is -0.108. The van der Waals surface area contributed by atoms with Crippen LogP contribution in [0.5, 0.6) is 0 Å². The normalized spacial score (nSPS) is 12.8. The zero-order chi connectivity index (χ0) is 17.6. The van der Waals surface area contributed by atoms with E-state index in [2.05, 4.69) is 27.3 Å². The quantitative estimate of drug-likeness (QED) is 0.393. The molecule has 0 heterocycles. The molecule has 0 saturated carbocycles. The zero-order valence-electron chi connectivity index (χ0n) is 13.6. The van der Waals surface area contributed by atoms with Crippen molar-refractivity contribution in [2.75, 3.05) is 13.7 Å². The minimum absolute atomic E-state index is 0.277. The van der Waals surface area contributed by atoms with Gasteiger partial charge >= 0.3 is 0 Å². The maximum absolute atomic E-state index is 13.3. The molecule has 2 N–H and O–H groups in total. The maximum atomic E-state index is 13.3. The van der Waals surface area contributed by atoms with E-state index in [4.69, 9.17) is 0 Å². The molecule has 24 heavy (non-hydrogen) atoms. The van der Waals surface area contributed by atoms with Gasteiger partial charge in [0, 0.05) is 12.4 Å². The summed E-state index contributed by atoms with van der Waals surface area (Å²) in [6, 6.07) is 6.39. The Bertz CT molecular complexity index is 663. The molecule has 5 nitrogen and oxygen atoms in total. The van der Waals surface area contributed by atoms with Gasteiger partial charge in [0.25, 0.3) is 0 Å². The second kappa shape index (κ2) is 11.7. The lowest BCUT2D eigenvalue weighted by Gasteiger charge is -2.05. The standard InChI is InChI=1S/C18H21FN4O/c1-20-10-9-18(23-13-21-2)16(8-11-22-14-24)7-6-15-4-3-5-17(19)12-15/h3-5,7-12,14,21H,1,6,13H2,2H3,(H,22,24)/b10-9-,11-8-,16-7-,23-18?. The molecule has 0 spiro atoms. The van der Waals surface area contributed by atoms with Crippen molar-refractivity contribution in [3.8, 4) is 0 Å². The summed E-state index contributed by atoms with van der Waals surface area (Å²) < 4.78 is 13.3. The Kier molecular flexibility index (Phi) is 9.33. The predicted octanol–water partition coefficient (Wildman–Crippen LogP) is 2.39. The van der Waals surface area contributed by atoms with Crippen molar-refractivity contribution < 1.29 is 9.18 Å². The smallest absolute Gasteiger partial charge is 0.211 e. The van der Waals surface area contributed by atoms with Crippen LogP contribution in [0, 0.1) is 5.82 Å². The topological polar surface area (TPSA) is 65.8 Å². The van der Waals surface area contributed by atoms with Crippen LogP contribution in [-0.4, -0.2) is 32.6 Å². The van der Waals surface area contributed by atoms with Crippen LogP contribution < -0.4 is 10.6 Å². The van der Waals surface area contributed by atoms with Crippen LogP contribution in [0.4, 0.5) is 4.39 Å². The molecule has 126 valence electrons. The number of rotatable bonds is 10. The molecule has 6 heteroatoms. The molecule has 0 atom stereocenters. The third-order valence-corrected chi connectivity index (χ3v) is 2.91. The Morgan fingerprint density at radius 2 is 2.21 bits per heavy atom. The molecule has 1 aromatic carbocycles. The lowest BCUT2D eigenvalue weighted by atomic mass is 10.1. The number of amides is 1. The average Bonchev–Trinajstić information content (AvgIpc) is 2.59. The highest BCUT2D eigenvalue weighted by Crippen LogP contribution is 2.09. The molecule has 0 bridgehead atoms. The van der Waals surface area contributed by atoms with E-state index in [0.29, 0.717) is 25.2 Å². The SMILES string of the molecule is C=N/C=C\C(=NCNC)C(/C=C\NC=O)=C\Cc1cccc(F)c1. The Balaban J connectivity index is 3.11. The van der Waals surface area contributed by atoms with Crippen molar-refractivity contribution in [3.05, 3.63) is 71.8 Å². The van der Waals surface area contributed by atoms with Crippen LogP contribution in [-0.2, 0) is 11.2 Å². The van der Waals surface area contributed by atoms with Gasteiger partial charge < -0.3 is 10.6 Å². The summed E-state index contributed by atoms with van der Waals surface area (Å²) in [7, 11) is 1.79. The fourth-order valence-electron chi connectivity index (χ4n) is 1.85. The van der Waals surface area contributed by atoms with E-state index in [-0.39, 0.29) is 5.82 Å². The van der Waals surface area contributed by atoms with Crippen molar-refractivity contribution in [3.63, 3.8) is 0 Å². The van der Waals surface area contributed by atoms with E-state index in [0.717, 1.165) is 11.1 Å². The molecule has 0 aliphatic rings. The molecule has 1 amide bonds. The fraction of sp³-hybridized carbons (Fsp3) is 0.167.